The number of carbonyl (C=O) groups is 1. The Morgan fingerprint density at radius 2 is 1.67 bits per heavy atom. The summed E-state index contributed by atoms with van der Waals surface area (Å²) in [5, 5.41) is 2.83. The molecule has 30 heavy (non-hydrogen) atoms. The van der Waals surface area contributed by atoms with Crippen LogP contribution in [0.2, 0.25) is 0 Å². The molecule has 0 saturated carbocycles. The lowest BCUT2D eigenvalue weighted by atomic mass is 10.1. The van der Waals surface area contributed by atoms with Crippen molar-refractivity contribution >= 4 is 21.6 Å². The predicted octanol–water partition coefficient (Wildman–Crippen LogP) is 4.73. The normalized spacial score (nSPS) is 12.3. The van der Waals surface area contributed by atoms with Gasteiger partial charge in [0.25, 0.3) is 15.9 Å². The van der Waals surface area contributed by atoms with Crippen LogP contribution in [0.1, 0.15) is 40.0 Å². The molecule has 0 fully saturated rings. The molecule has 3 rings (SSSR count). The Balaban J connectivity index is 1.83. The van der Waals surface area contributed by atoms with Gasteiger partial charge in [0.05, 0.1) is 10.9 Å². The molecule has 1 unspecified atom stereocenters. The number of hydrogen-bond donors (Lipinski definition) is 2. The van der Waals surface area contributed by atoms with Gasteiger partial charge in [0.2, 0.25) is 0 Å². The minimum absolute atomic E-state index is 0.00538. The Kier molecular flexibility index (Phi) is 6.22. The number of anilines is 1. The molecular weight excluding hydrogens is 403 g/mol. The third-order valence-electron chi connectivity index (χ3n) is 4.75. The molecule has 0 bridgehead atoms. The Labute approximate surface area is 176 Å². The fourth-order valence-electron chi connectivity index (χ4n) is 3.04. The van der Waals surface area contributed by atoms with Crippen molar-refractivity contribution in [2.75, 3.05) is 4.72 Å². The largest absolute Gasteiger partial charge is 0.346 e. The molecule has 3 aromatic rings. The van der Waals surface area contributed by atoms with E-state index >= 15 is 0 Å². The predicted molar refractivity (Wildman–Crippen MR) is 115 cm³/mol. The fourth-order valence-corrected chi connectivity index (χ4v) is 4.12. The van der Waals surface area contributed by atoms with Crippen molar-refractivity contribution in [3.8, 4) is 0 Å². The minimum atomic E-state index is -3.86. The van der Waals surface area contributed by atoms with Crippen molar-refractivity contribution in [3.05, 3.63) is 94.8 Å². The third kappa shape index (κ3) is 5.04. The van der Waals surface area contributed by atoms with Crippen LogP contribution < -0.4 is 10.0 Å². The van der Waals surface area contributed by atoms with E-state index in [9.17, 15) is 17.6 Å². The molecule has 0 radical (unpaired) electrons. The van der Waals surface area contributed by atoms with E-state index in [1.165, 1.54) is 24.3 Å². The molecule has 0 heterocycles. The summed E-state index contributed by atoms with van der Waals surface area (Å²) in [6.45, 7) is 5.39. The zero-order valence-corrected chi connectivity index (χ0v) is 17.8. The molecule has 0 aromatic heterocycles. The lowest BCUT2D eigenvalue weighted by Gasteiger charge is -2.16. The van der Waals surface area contributed by atoms with E-state index < -0.39 is 15.9 Å². The zero-order chi connectivity index (χ0) is 21.9. The quantitative estimate of drug-likeness (QED) is 0.598. The summed E-state index contributed by atoms with van der Waals surface area (Å²) in [6.07, 6.45) is 0. The number of rotatable bonds is 6. The van der Waals surface area contributed by atoms with Crippen LogP contribution in [0.25, 0.3) is 0 Å². The first-order valence-electron chi connectivity index (χ1n) is 9.42. The number of aryl methyl sites for hydroxylation is 2. The summed E-state index contributed by atoms with van der Waals surface area (Å²) in [5.74, 6) is -0.760. The molecule has 0 saturated heterocycles. The maximum absolute atomic E-state index is 13.1. The van der Waals surface area contributed by atoms with E-state index in [4.69, 9.17) is 0 Å². The van der Waals surface area contributed by atoms with Gasteiger partial charge in [-0.25, -0.2) is 12.8 Å². The van der Waals surface area contributed by atoms with Gasteiger partial charge in [0, 0.05) is 11.3 Å². The maximum Gasteiger partial charge on any atom is 0.261 e. The zero-order valence-electron chi connectivity index (χ0n) is 16.9. The minimum Gasteiger partial charge on any atom is -0.346 e. The van der Waals surface area contributed by atoms with Crippen molar-refractivity contribution < 1.29 is 17.6 Å². The molecular formula is C23H23FN2O3S. The van der Waals surface area contributed by atoms with E-state index in [1.54, 1.807) is 50.2 Å². The molecule has 156 valence electrons. The lowest BCUT2D eigenvalue weighted by molar-refractivity contribution is 0.0939. The van der Waals surface area contributed by atoms with Gasteiger partial charge in [-0.1, -0.05) is 30.3 Å². The molecule has 2 N–H and O–H groups in total. The van der Waals surface area contributed by atoms with Crippen LogP contribution in [-0.4, -0.2) is 14.3 Å². The summed E-state index contributed by atoms with van der Waals surface area (Å²) in [4.78, 5) is 12.8. The standard InChI is InChI=1S/C23H23FN2O3S/c1-15-5-4-6-20(13-15)26-30(28,29)21-12-7-16(2)22(14-21)23(27)25-17(3)18-8-10-19(24)11-9-18/h4-14,17,26H,1-3H3,(H,25,27). The van der Waals surface area contributed by atoms with Gasteiger partial charge in [-0.2, -0.15) is 0 Å². The van der Waals surface area contributed by atoms with Crippen LogP contribution in [-0.2, 0) is 10.0 Å². The highest BCUT2D eigenvalue weighted by molar-refractivity contribution is 7.92. The molecule has 3 aromatic carbocycles. The van der Waals surface area contributed by atoms with Gasteiger partial charge in [0.15, 0.2) is 0 Å². The van der Waals surface area contributed by atoms with Crippen LogP contribution in [0.15, 0.2) is 71.6 Å². The molecule has 1 atom stereocenters. The van der Waals surface area contributed by atoms with Crippen molar-refractivity contribution in [1.29, 1.82) is 0 Å². The molecule has 1 amide bonds. The highest BCUT2D eigenvalue weighted by Crippen LogP contribution is 2.21. The number of carbonyl (C=O) groups excluding carboxylic acids is 1. The first-order valence-corrected chi connectivity index (χ1v) is 10.9. The molecule has 0 spiro atoms. The number of sulfonamides is 1. The maximum atomic E-state index is 13.1. The van der Waals surface area contributed by atoms with Crippen LogP contribution >= 0.6 is 0 Å². The first-order chi connectivity index (χ1) is 14.2. The van der Waals surface area contributed by atoms with Crippen molar-refractivity contribution in [2.24, 2.45) is 0 Å². The monoisotopic (exact) mass is 426 g/mol. The SMILES string of the molecule is Cc1cccc(NS(=O)(=O)c2ccc(C)c(C(=O)NC(C)c3ccc(F)cc3)c2)c1. The number of nitrogens with one attached hydrogen (secondary N) is 2. The average molecular weight is 427 g/mol. The van der Waals surface area contributed by atoms with E-state index in [-0.39, 0.29) is 22.3 Å². The van der Waals surface area contributed by atoms with Crippen molar-refractivity contribution in [2.45, 2.75) is 31.7 Å². The smallest absolute Gasteiger partial charge is 0.261 e. The summed E-state index contributed by atoms with van der Waals surface area (Å²) in [5.41, 5.74) is 3.03. The number of benzene rings is 3. The second-order valence-corrected chi connectivity index (χ2v) is 8.88. The molecule has 0 aliphatic heterocycles. The van der Waals surface area contributed by atoms with Gasteiger partial charge in [-0.3, -0.25) is 9.52 Å². The van der Waals surface area contributed by atoms with E-state index in [2.05, 4.69) is 10.0 Å². The van der Waals surface area contributed by atoms with E-state index in [1.807, 2.05) is 13.0 Å². The van der Waals surface area contributed by atoms with Crippen LogP contribution in [0.3, 0.4) is 0 Å². The second-order valence-electron chi connectivity index (χ2n) is 7.20. The molecule has 5 nitrogen and oxygen atoms in total. The van der Waals surface area contributed by atoms with Gasteiger partial charge in [0.1, 0.15) is 5.82 Å². The Morgan fingerprint density at radius 3 is 2.33 bits per heavy atom. The van der Waals surface area contributed by atoms with Crippen LogP contribution in [0.4, 0.5) is 10.1 Å². The molecule has 0 aliphatic carbocycles. The topological polar surface area (TPSA) is 75.3 Å². The fraction of sp³-hybridized carbons (Fsp3) is 0.174. The second kappa shape index (κ2) is 8.67. The van der Waals surface area contributed by atoms with E-state index in [0.717, 1.165) is 11.1 Å². The van der Waals surface area contributed by atoms with Gasteiger partial charge < -0.3 is 5.32 Å². The molecule has 0 aliphatic rings. The number of hydrogen-bond acceptors (Lipinski definition) is 3. The Bertz CT molecular complexity index is 1180. The average Bonchev–Trinajstić information content (AvgIpc) is 2.68. The summed E-state index contributed by atoms with van der Waals surface area (Å²) >= 11 is 0. The summed E-state index contributed by atoms with van der Waals surface area (Å²) in [6, 6.07) is 16.9. The van der Waals surface area contributed by atoms with Crippen molar-refractivity contribution in [1.82, 2.24) is 5.32 Å². The highest BCUT2D eigenvalue weighted by Gasteiger charge is 2.19. The van der Waals surface area contributed by atoms with Crippen LogP contribution in [0, 0.1) is 19.7 Å². The van der Waals surface area contributed by atoms with Gasteiger partial charge in [-0.15, -0.1) is 0 Å². The van der Waals surface area contributed by atoms with Gasteiger partial charge >= 0.3 is 0 Å². The molecule has 7 heteroatoms. The van der Waals surface area contributed by atoms with E-state index in [0.29, 0.717) is 11.3 Å². The van der Waals surface area contributed by atoms with Crippen LogP contribution in [0.5, 0.6) is 0 Å². The van der Waals surface area contributed by atoms with Crippen molar-refractivity contribution in [3.63, 3.8) is 0 Å². The third-order valence-corrected chi connectivity index (χ3v) is 6.13. The number of halogens is 1. The Hall–Kier alpha value is -3.19. The number of amides is 1. The Morgan fingerprint density at radius 1 is 0.967 bits per heavy atom. The van der Waals surface area contributed by atoms with Gasteiger partial charge in [-0.05, 0) is 73.9 Å². The lowest BCUT2D eigenvalue weighted by Crippen LogP contribution is -2.27. The summed E-state index contributed by atoms with van der Waals surface area (Å²) < 4.78 is 41.2. The highest BCUT2D eigenvalue weighted by atomic mass is 32.2. The first kappa shape index (κ1) is 21.5. The summed E-state index contributed by atoms with van der Waals surface area (Å²) in [7, 11) is -3.86.